The van der Waals surface area contributed by atoms with Crippen LogP contribution in [0.25, 0.3) is 0 Å². The summed E-state index contributed by atoms with van der Waals surface area (Å²) < 4.78 is 4.76. The molecule has 0 bridgehead atoms. The molecule has 0 radical (unpaired) electrons. The number of rotatable bonds is 12. The smallest absolute Gasteiger partial charge is 1.00 e. The van der Waals surface area contributed by atoms with Crippen molar-refractivity contribution in [2.24, 2.45) is 0 Å². The van der Waals surface area contributed by atoms with Crippen molar-refractivity contribution in [1.29, 1.82) is 0 Å². The standard InChI is InChI=1S/C15H26O4.Na.H/c1-3-5-6-7-8-9-10-11-12-13(15(17)18)19-14(16)4-2;;/h4,13H,2-3,5-12H2,1H3,(H,17,18);;/q;+1;-1. The number of hydrogen-bond acceptors (Lipinski definition) is 3. The second-order valence-electron chi connectivity index (χ2n) is 4.73. The van der Waals surface area contributed by atoms with Crippen molar-refractivity contribution in [2.75, 3.05) is 0 Å². The summed E-state index contributed by atoms with van der Waals surface area (Å²) in [6.07, 6.45) is 9.48. The topological polar surface area (TPSA) is 63.6 Å². The molecule has 1 atom stereocenters. The van der Waals surface area contributed by atoms with Gasteiger partial charge in [-0.15, -0.1) is 0 Å². The number of ether oxygens (including phenoxy) is 1. The second kappa shape index (κ2) is 15.1. The zero-order chi connectivity index (χ0) is 14.5. The maximum absolute atomic E-state index is 11.0. The van der Waals surface area contributed by atoms with Crippen LogP contribution in [0.3, 0.4) is 0 Å². The second-order valence-corrected chi connectivity index (χ2v) is 4.73. The molecule has 0 aliphatic heterocycles. The van der Waals surface area contributed by atoms with Gasteiger partial charge in [0.25, 0.3) is 0 Å². The Morgan fingerprint density at radius 1 is 1.15 bits per heavy atom. The molecule has 0 rings (SSSR count). The average molecular weight is 294 g/mol. The van der Waals surface area contributed by atoms with E-state index >= 15 is 0 Å². The minimum atomic E-state index is -1.09. The number of esters is 1. The Morgan fingerprint density at radius 2 is 1.65 bits per heavy atom. The molecular weight excluding hydrogens is 267 g/mol. The van der Waals surface area contributed by atoms with Gasteiger partial charge in [-0.1, -0.05) is 58.4 Å². The predicted octanol–water partition coefficient (Wildman–Crippen LogP) is 0.816. The molecule has 1 unspecified atom stereocenters. The molecule has 20 heavy (non-hydrogen) atoms. The van der Waals surface area contributed by atoms with Crippen molar-refractivity contribution in [2.45, 2.75) is 70.8 Å². The normalized spacial score (nSPS) is 11.2. The van der Waals surface area contributed by atoms with Crippen LogP contribution < -0.4 is 29.6 Å². The van der Waals surface area contributed by atoms with Crippen molar-refractivity contribution < 1.29 is 50.4 Å². The van der Waals surface area contributed by atoms with E-state index in [0.717, 1.165) is 25.3 Å². The Bertz CT molecular complexity index is 285. The van der Waals surface area contributed by atoms with Gasteiger partial charge in [-0.3, -0.25) is 0 Å². The van der Waals surface area contributed by atoms with Crippen molar-refractivity contribution in [3.05, 3.63) is 12.7 Å². The Balaban J connectivity index is -0.00000162. The van der Waals surface area contributed by atoms with E-state index in [-0.39, 0.29) is 31.0 Å². The molecule has 0 aromatic carbocycles. The van der Waals surface area contributed by atoms with Gasteiger partial charge in [0.2, 0.25) is 0 Å². The van der Waals surface area contributed by atoms with Crippen LogP contribution in [0.4, 0.5) is 0 Å². The van der Waals surface area contributed by atoms with Gasteiger partial charge >= 0.3 is 41.5 Å². The number of carbonyl (C=O) groups excluding carboxylic acids is 1. The summed E-state index contributed by atoms with van der Waals surface area (Å²) in [6.45, 7) is 5.44. The third-order valence-electron chi connectivity index (χ3n) is 3.02. The van der Waals surface area contributed by atoms with Gasteiger partial charge in [-0.2, -0.15) is 0 Å². The largest absolute Gasteiger partial charge is 1.00 e. The summed E-state index contributed by atoms with van der Waals surface area (Å²) in [5, 5.41) is 8.91. The van der Waals surface area contributed by atoms with E-state index in [1.54, 1.807) is 0 Å². The fraction of sp³-hybridized carbons (Fsp3) is 0.733. The van der Waals surface area contributed by atoms with Crippen molar-refractivity contribution >= 4 is 11.9 Å². The Labute approximate surface area is 145 Å². The summed E-state index contributed by atoms with van der Waals surface area (Å²) in [7, 11) is 0. The van der Waals surface area contributed by atoms with E-state index in [0.29, 0.717) is 6.42 Å². The summed E-state index contributed by atoms with van der Waals surface area (Å²) in [5.74, 6) is -1.76. The number of aliphatic carboxylic acids is 1. The summed E-state index contributed by atoms with van der Waals surface area (Å²) >= 11 is 0. The third-order valence-corrected chi connectivity index (χ3v) is 3.02. The van der Waals surface area contributed by atoms with Gasteiger partial charge in [-0.25, -0.2) is 9.59 Å². The number of unbranched alkanes of at least 4 members (excludes halogenated alkanes) is 7. The Morgan fingerprint density at radius 3 is 2.10 bits per heavy atom. The quantitative estimate of drug-likeness (QED) is 0.250. The molecule has 0 saturated heterocycles. The first-order valence-corrected chi connectivity index (χ1v) is 7.17. The molecule has 0 aromatic rings. The van der Waals surface area contributed by atoms with Crippen LogP contribution in [0.5, 0.6) is 0 Å². The van der Waals surface area contributed by atoms with Gasteiger partial charge < -0.3 is 11.3 Å². The molecule has 0 aromatic heterocycles. The monoisotopic (exact) mass is 294 g/mol. The van der Waals surface area contributed by atoms with Crippen molar-refractivity contribution in [3.8, 4) is 0 Å². The minimum absolute atomic E-state index is 0. The van der Waals surface area contributed by atoms with Crippen molar-refractivity contribution in [1.82, 2.24) is 0 Å². The molecule has 0 fully saturated rings. The Kier molecular flexibility index (Phi) is 16.6. The molecule has 0 amide bonds. The molecule has 0 aliphatic carbocycles. The van der Waals surface area contributed by atoms with Gasteiger partial charge in [0, 0.05) is 6.08 Å². The number of carboxylic acid groups (broad SMARTS) is 1. The van der Waals surface area contributed by atoms with Gasteiger partial charge in [0.1, 0.15) is 0 Å². The van der Waals surface area contributed by atoms with Crippen LogP contribution in [-0.2, 0) is 14.3 Å². The summed E-state index contributed by atoms with van der Waals surface area (Å²) in [4.78, 5) is 21.8. The van der Waals surface area contributed by atoms with Gasteiger partial charge in [-0.05, 0) is 12.8 Å². The van der Waals surface area contributed by atoms with Crippen molar-refractivity contribution in [3.63, 3.8) is 0 Å². The van der Waals surface area contributed by atoms with Crippen LogP contribution in [0, 0.1) is 0 Å². The van der Waals surface area contributed by atoms with E-state index in [9.17, 15) is 9.59 Å². The third kappa shape index (κ3) is 12.7. The van der Waals surface area contributed by atoms with E-state index in [1.165, 1.54) is 32.1 Å². The molecule has 0 saturated carbocycles. The molecule has 1 N–H and O–H groups in total. The molecule has 4 nitrogen and oxygen atoms in total. The SMILES string of the molecule is C=CC(=O)OC(CCCCCCCCCC)C(=O)O.[H-].[Na+]. The number of carboxylic acids is 1. The van der Waals surface area contributed by atoms with Crippen LogP contribution >= 0.6 is 0 Å². The summed E-state index contributed by atoms with van der Waals surface area (Å²) in [5.41, 5.74) is 0. The fourth-order valence-corrected chi connectivity index (χ4v) is 1.88. The first-order chi connectivity index (χ1) is 9.11. The van der Waals surface area contributed by atoms with E-state index < -0.39 is 18.0 Å². The van der Waals surface area contributed by atoms with Gasteiger partial charge in [0.15, 0.2) is 6.10 Å². The van der Waals surface area contributed by atoms with Crippen LogP contribution in [-0.4, -0.2) is 23.1 Å². The van der Waals surface area contributed by atoms with Crippen LogP contribution in [0.15, 0.2) is 12.7 Å². The van der Waals surface area contributed by atoms with E-state index in [4.69, 9.17) is 9.84 Å². The zero-order valence-corrected chi connectivity index (χ0v) is 14.9. The molecule has 0 spiro atoms. The van der Waals surface area contributed by atoms with Crippen LogP contribution in [0.2, 0.25) is 0 Å². The number of hydrogen-bond donors (Lipinski definition) is 1. The Hall–Kier alpha value is -0.320. The number of carbonyl (C=O) groups is 2. The predicted molar refractivity (Wildman–Crippen MR) is 76.1 cm³/mol. The maximum Gasteiger partial charge on any atom is 1.00 e. The minimum Gasteiger partial charge on any atom is -1.00 e. The summed E-state index contributed by atoms with van der Waals surface area (Å²) in [6, 6.07) is 0. The molecule has 5 heteroatoms. The molecule has 0 aliphatic rings. The molecular formula is C15H27NaO4. The fourth-order valence-electron chi connectivity index (χ4n) is 1.88. The van der Waals surface area contributed by atoms with E-state index in [2.05, 4.69) is 13.5 Å². The first-order valence-electron chi connectivity index (χ1n) is 7.17. The molecule has 0 heterocycles. The molecule has 112 valence electrons. The zero-order valence-electron chi connectivity index (χ0n) is 13.9. The maximum atomic E-state index is 11.0. The average Bonchev–Trinajstić information content (AvgIpc) is 2.39. The van der Waals surface area contributed by atoms with E-state index in [1.807, 2.05) is 0 Å². The van der Waals surface area contributed by atoms with Gasteiger partial charge in [0.05, 0.1) is 0 Å². The first kappa shape index (κ1) is 22.0. The van der Waals surface area contributed by atoms with Crippen LogP contribution in [0.1, 0.15) is 66.1 Å².